The predicted molar refractivity (Wildman–Crippen MR) is 365 cm³/mol. The summed E-state index contributed by atoms with van der Waals surface area (Å²) >= 11 is 0. The van der Waals surface area contributed by atoms with Crippen LogP contribution in [0.3, 0.4) is 0 Å². The van der Waals surface area contributed by atoms with E-state index in [2.05, 4.69) is 31.2 Å². The zero-order chi connectivity index (χ0) is 73.4. The van der Waals surface area contributed by atoms with E-state index < -0.39 is 162 Å². The van der Waals surface area contributed by atoms with Gasteiger partial charge in [-0.3, -0.25) is 52.7 Å². The topological polar surface area (TPSA) is 345 Å². The van der Waals surface area contributed by atoms with E-state index in [1.807, 2.05) is 55.4 Å². The Kier molecular flexibility index (Phi) is 31.2. The first kappa shape index (κ1) is 82.3. The van der Waals surface area contributed by atoms with Crippen LogP contribution < -0.4 is 21.3 Å². The first-order valence-corrected chi connectivity index (χ1v) is 33.6. The van der Waals surface area contributed by atoms with Crippen LogP contribution in [-0.2, 0) is 64.0 Å². The highest BCUT2D eigenvalue weighted by Crippen LogP contribution is 2.27. The number of carboxylic acid groups (broad SMARTS) is 1. The fourth-order valence-corrected chi connectivity index (χ4v) is 12.1. The van der Waals surface area contributed by atoms with Crippen LogP contribution >= 0.6 is 0 Å². The van der Waals surface area contributed by atoms with Gasteiger partial charge in [-0.1, -0.05) is 103 Å². The number of aromatic amines is 1. The van der Waals surface area contributed by atoms with Crippen molar-refractivity contribution < 1.29 is 67.7 Å². The summed E-state index contributed by atoms with van der Waals surface area (Å²) in [6.07, 6.45) is 1.16. The lowest BCUT2D eigenvalue weighted by Gasteiger charge is -2.41. The number of imidazole rings is 1. The number of nitrogens with one attached hydrogen (secondary N) is 5. The minimum absolute atomic E-state index is 0.00358. The Bertz CT molecular complexity index is 3110. The van der Waals surface area contributed by atoms with E-state index in [1.165, 1.54) is 93.8 Å². The van der Waals surface area contributed by atoms with Crippen LogP contribution in [0.15, 0.2) is 24.3 Å². The highest BCUT2D eigenvalue weighted by atomic mass is 16.4. The summed E-state index contributed by atoms with van der Waals surface area (Å²) < 4.78 is 0. The zero-order valence-corrected chi connectivity index (χ0v) is 61.1. The molecular formula is C69H113N13O14. The Labute approximate surface area is 568 Å². The molecule has 1 saturated heterocycles. The SMILES string of the molecule is CCC1NC(=O)C(C(O)C(C)Cc2nc3ccc(/C=C/C(=O)O)cc3[nH]2)N(C)C(=O)C(C(C)C)N(C)C(=O)C(CC(C)C)N(C)C(=O)C(CC(C)C)N(C)C(=O)C(C)NC(=O)C(C)NC(=O)C(CC(C)C)N(C)C(=O)C(C(C)C)NC(=O)C(CC(C)C)N(C)C(=O)CN(C)C1=O. The number of carboxylic acids is 1. The number of carbonyl (C=O) groups is 12. The van der Waals surface area contributed by atoms with Gasteiger partial charge in [0.15, 0.2) is 0 Å². The molecule has 1 fully saturated rings. The number of rotatable bonds is 17. The molecule has 1 aromatic heterocycles. The van der Waals surface area contributed by atoms with Crippen molar-refractivity contribution >= 4 is 88.1 Å². The summed E-state index contributed by atoms with van der Waals surface area (Å²) in [5.41, 5.74) is 1.64. The lowest BCUT2D eigenvalue weighted by atomic mass is 9.91. The van der Waals surface area contributed by atoms with Crippen LogP contribution in [0.4, 0.5) is 0 Å². The van der Waals surface area contributed by atoms with Gasteiger partial charge in [-0.15, -0.1) is 0 Å². The number of aliphatic carboxylic acids is 1. The number of H-pyrrole nitrogens is 1. The summed E-state index contributed by atoms with van der Waals surface area (Å²) in [7, 11) is 9.75. The Morgan fingerprint density at radius 3 is 1.51 bits per heavy atom. The maximum atomic E-state index is 15.5. The van der Waals surface area contributed by atoms with E-state index in [1.54, 1.807) is 59.7 Å². The van der Waals surface area contributed by atoms with Crippen LogP contribution in [0.25, 0.3) is 17.1 Å². The van der Waals surface area contributed by atoms with Gasteiger partial charge in [0.05, 0.1) is 23.7 Å². The van der Waals surface area contributed by atoms with Gasteiger partial charge in [0.25, 0.3) is 0 Å². The third-order valence-electron chi connectivity index (χ3n) is 17.8. The second-order valence-electron chi connectivity index (χ2n) is 28.6. The summed E-state index contributed by atoms with van der Waals surface area (Å²) in [6, 6.07) is -7.85. The van der Waals surface area contributed by atoms with Crippen molar-refractivity contribution in [2.24, 2.45) is 41.4 Å². The maximum absolute atomic E-state index is 15.5. The molecule has 11 amide bonds. The highest BCUT2D eigenvalue weighted by Gasteiger charge is 2.46. The van der Waals surface area contributed by atoms with Gasteiger partial charge >= 0.3 is 5.97 Å². The molecule has 2 heterocycles. The number of hydrogen-bond acceptors (Lipinski definition) is 14. The van der Waals surface area contributed by atoms with Crippen molar-refractivity contribution in [1.29, 1.82) is 0 Å². The Morgan fingerprint density at radius 2 is 1.01 bits per heavy atom. The second kappa shape index (κ2) is 36.4. The third-order valence-corrected chi connectivity index (χ3v) is 17.8. The van der Waals surface area contributed by atoms with Crippen molar-refractivity contribution in [3.05, 3.63) is 35.7 Å². The standard InChI is InChI=1S/C69H113N13O14/c1-24-46-65(92)76(17)35-54(83)77(18)49(29-36(2)3)62(89)75-56(40(10)11)68(95)78(19)50(30-37(4)5)61(88)70-43(15)60(87)71-44(16)64(91)79(20)51(31-38(6)7)66(93)80(21)52(32-39(8)9)67(94)81(22)57(41(12)13)69(96)82(23)58(63(90)74-46)59(86)42(14)33-53-72-47-27-25-45(26-28-55(84)85)34-48(47)73-53/h25-28,34,36-44,46,49-52,56-59,86H,24,29-33,35H2,1-23H3,(H,70,88)(H,71,87)(H,72,73)(H,74,90)(H,75,89)(H,84,85)/b28-26+. The number of nitrogens with zero attached hydrogens (tertiary/aromatic N) is 8. The van der Waals surface area contributed by atoms with Crippen LogP contribution in [0.2, 0.25) is 0 Å². The van der Waals surface area contributed by atoms with Gasteiger partial charge in [0.1, 0.15) is 66.2 Å². The molecule has 0 bridgehead atoms. The minimum Gasteiger partial charge on any atom is -0.478 e. The molecule has 1 aromatic carbocycles. The van der Waals surface area contributed by atoms with E-state index in [0.717, 1.165) is 15.9 Å². The van der Waals surface area contributed by atoms with E-state index in [0.29, 0.717) is 22.4 Å². The summed E-state index contributed by atoms with van der Waals surface area (Å²) in [4.78, 5) is 189. The molecule has 0 saturated carbocycles. The molecule has 2 aromatic rings. The number of benzene rings is 1. The molecule has 3 rings (SSSR count). The second-order valence-corrected chi connectivity index (χ2v) is 28.6. The summed E-state index contributed by atoms with van der Waals surface area (Å²) in [5.74, 6) is -11.4. The number of fused-ring (bicyclic) bond motifs is 1. The van der Waals surface area contributed by atoms with Gasteiger partial charge < -0.3 is 70.8 Å². The Morgan fingerprint density at radius 1 is 0.542 bits per heavy atom. The van der Waals surface area contributed by atoms with Crippen molar-refractivity contribution in [2.45, 2.75) is 216 Å². The molecule has 0 radical (unpaired) electrons. The van der Waals surface area contributed by atoms with Gasteiger partial charge in [0.2, 0.25) is 65.0 Å². The van der Waals surface area contributed by atoms with Crippen LogP contribution in [-0.4, -0.2) is 248 Å². The van der Waals surface area contributed by atoms with Crippen molar-refractivity contribution in [1.82, 2.24) is 65.5 Å². The average Bonchev–Trinajstić information content (AvgIpc) is 0.935. The van der Waals surface area contributed by atoms with E-state index in [-0.39, 0.29) is 62.2 Å². The maximum Gasteiger partial charge on any atom is 0.328 e. The highest BCUT2D eigenvalue weighted by molar-refractivity contribution is 6.00. The molecule has 538 valence electrons. The Hall–Kier alpha value is -7.97. The lowest BCUT2D eigenvalue weighted by molar-refractivity contribution is -0.157. The molecule has 27 nitrogen and oxygen atoms in total. The number of aromatic nitrogens is 2. The number of aliphatic hydroxyl groups is 1. The number of carbonyl (C=O) groups excluding carboxylic acids is 11. The monoisotopic (exact) mass is 1350 g/mol. The number of amides is 11. The van der Waals surface area contributed by atoms with E-state index in [4.69, 9.17) is 0 Å². The van der Waals surface area contributed by atoms with Crippen LogP contribution in [0.1, 0.15) is 154 Å². The van der Waals surface area contributed by atoms with Crippen molar-refractivity contribution in [2.75, 3.05) is 55.9 Å². The zero-order valence-electron chi connectivity index (χ0n) is 61.1. The number of aliphatic hydroxyl groups excluding tert-OH is 1. The molecule has 1 aliphatic rings. The molecule has 0 aliphatic carbocycles. The Balaban J connectivity index is 2.33. The molecule has 96 heavy (non-hydrogen) atoms. The number of likely N-dealkylation sites (N-methyl/N-ethyl adjacent to an activating group) is 7. The van der Waals surface area contributed by atoms with Crippen LogP contribution in [0, 0.1) is 41.4 Å². The third kappa shape index (κ3) is 22.0. The predicted octanol–water partition coefficient (Wildman–Crippen LogP) is 3.52. The van der Waals surface area contributed by atoms with Crippen LogP contribution in [0.5, 0.6) is 0 Å². The first-order valence-electron chi connectivity index (χ1n) is 33.6. The molecular weight excluding hydrogens is 1230 g/mol. The molecule has 7 N–H and O–H groups in total. The fourth-order valence-electron chi connectivity index (χ4n) is 12.1. The molecule has 1 aliphatic heterocycles. The lowest BCUT2D eigenvalue weighted by Crippen LogP contribution is -2.63. The van der Waals surface area contributed by atoms with Gasteiger partial charge in [0, 0.05) is 61.8 Å². The van der Waals surface area contributed by atoms with Crippen molar-refractivity contribution in [3.8, 4) is 0 Å². The van der Waals surface area contributed by atoms with Gasteiger partial charge in [-0.2, -0.15) is 0 Å². The average molecular weight is 1350 g/mol. The normalized spacial score (nSPS) is 25.2. The van der Waals surface area contributed by atoms with Crippen molar-refractivity contribution in [3.63, 3.8) is 0 Å². The molecule has 12 atom stereocenters. The molecule has 12 unspecified atom stereocenters. The van der Waals surface area contributed by atoms with Gasteiger partial charge in [-0.05, 0) is 111 Å². The molecule has 0 spiro atoms. The quantitative estimate of drug-likeness (QED) is 0.111. The largest absolute Gasteiger partial charge is 0.478 e. The first-order chi connectivity index (χ1) is 44.5. The summed E-state index contributed by atoms with van der Waals surface area (Å²) in [6.45, 7) is 27.1. The van der Waals surface area contributed by atoms with E-state index in [9.17, 15) is 48.6 Å². The van der Waals surface area contributed by atoms with E-state index >= 15 is 19.2 Å². The molecule has 27 heteroatoms. The van der Waals surface area contributed by atoms with Gasteiger partial charge in [-0.25, -0.2) is 9.78 Å². The fraction of sp³-hybridized carbons (Fsp3) is 0.696. The smallest absolute Gasteiger partial charge is 0.328 e. The summed E-state index contributed by atoms with van der Waals surface area (Å²) in [5, 5.41) is 32.8. The minimum atomic E-state index is -1.77. The number of hydrogen-bond donors (Lipinski definition) is 7.